The third kappa shape index (κ3) is 3.74. The highest BCUT2D eigenvalue weighted by molar-refractivity contribution is 6.31. The van der Waals surface area contributed by atoms with Crippen molar-refractivity contribution in [2.24, 2.45) is 0 Å². The molecule has 0 fully saturated rings. The van der Waals surface area contributed by atoms with Gasteiger partial charge in [0, 0.05) is 5.02 Å². The van der Waals surface area contributed by atoms with Crippen LogP contribution in [0.3, 0.4) is 0 Å². The van der Waals surface area contributed by atoms with E-state index in [1.54, 1.807) is 6.07 Å². The monoisotopic (exact) mass is 240 g/mol. The Morgan fingerprint density at radius 1 is 1.25 bits per heavy atom. The molecule has 0 saturated heterocycles. The summed E-state index contributed by atoms with van der Waals surface area (Å²) in [7, 11) is 0. The van der Waals surface area contributed by atoms with E-state index in [-0.39, 0.29) is 12.0 Å². The van der Waals surface area contributed by atoms with Crippen LogP contribution in [0.25, 0.3) is 6.08 Å². The highest BCUT2D eigenvalue weighted by Crippen LogP contribution is 2.16. The zero-order valence-electron chi connectivity index (χ0n) is 8.18. The molecule has 0 saturated carbocycles. The van der Waals surface area contributed by atoms with Gasteiger partial charge in [0.25, 0.3) is 0 Å². The molecule has 0 bridgehead atoms. The maximum Gasteiger partial charge on any atom is 0.335 e. The van der Waals surface area contributed by atoms with Gasteiger partial charge in [0.1, 0.15) is 0 Å². The van der Waals surface area contributed by atoms with Gasteiger partial charge in [-0.3, -0.25) is 4.79 Å². The average Bonchev–Trinajstić information content (AvgIpc) is 2.16. The molecule has 0 aliphatic rings. The first-order chi connectivity index (χ1) is 7.49. The Morgan fingerprint density at radius 2 is 1.94 bits per heavy atom. The summed E-state index contributed by atoms with van der Waals surface area (Å²) in [6.45, 7) is 0. The van der Waals surface area contributed by atoms with E-state index in [4.69, 9.17) is 21.8 Å². The van der Waals surface area contributed by atoms with Gasteiger partial charge in [-0.15, -0.1) is 0 Å². The number of carboxylic acids is 2. The fraction of sp³-hybridized carbons (Fsp3) is 0.0909. The normalized spacial score (nSPS) is 10.6. The highest BCUT2D eigenvalue weighted by atomic mass is 35.5. The van der Waals surface area contributed by atoms with Crippen molar-refractivity contribution in [2.75, 3.05) is 0 Å². The topological polar surface area (TPSA) is 74.6 Å². The molecule has 0 spiro atoms. The van der Waals surface area contributed by atoms with Crippen LogP contribution in [0.4, 0.5) is 0 Å². The minimum Gasteiger partial charge on any atom is -0.481 e. The second kappa shape index (κ2) is 5.32. The number of aromatic carboxylic acids is 1. The lowest BCUT2D eigenvalue weighted by Gasteiger charge is -1.99. The summed E-state index contributed by atoms with van der Waals surface area (Å²) in [6.07, 6.45) is 2.83. The van der Waals surface area contributed by atoms with E-state index in [2.05, 4.69) is 0 Å². The molecule has 0 atom stereocenters. The van der Waals surface area contributed by atoms with Crippen LogP contribution >= 0.6 is 11.6 Å². The van der Waals surface area contributed by atoms with E-state index in [1.807, 2.05) is 0 Å². The van der Waals surface area contributed by atoms with Crippen molar-refractivity contribution in [3.63, 3.8) is 0 Å². The molecule has 0 aliphatic heterocycles. The molecule has 1 aromatic carbocycles. The van der Waals surface area contributed by atoms with Gasteiger partial charge >= 0.3 is 11.9 Å². The summed E-state index contributed by atoms with van der Waals surface area (Å²) in [6, 6.07) is 4.32. The first kappa shape index (κ1) is 12.3. The number of benzene rings is 1. The lowest BCUT2D eigenvalue weighted by atomic mass is 10.1. The smallest absolute Gasteiger partial charge is 0.335 e. The molecule has 0 amide bonds. The minimum absolute atomic E-state index is 0.0717. The van der Waals surface area contributed by atoms with Gasteiger partial charge in [-0.1, -0.05) is 23.8 Å². The standard InChI is InChI=1S/C11H9ClO4/c12-9-5-7(2-1-3-10(13)14)4-8(6-9)11(15)16/h1-2,4-6H,3H2,(H,13,14)(H,15,16). The molecule has 5 heteroatoms. The van der Waals surface area contributed by atoms with Crippen molar-refractivity contribution < 1.29 is 19.8 Å². The van der Waals surface area contributed by atoms with Crippen LogP contribution in [-0.4, -0.2) is 22.2 Å². The molecule has 1 aromatic rings. The predicted octanol–water partition coefficient (Wildman–Crippen LogP) is 2.53. The van der Waals surface area contributed by atoms with Crippen molar-refractivity contribution in [1.82, 2.24) is 0 Å². The highest BCUT2D eigenvalue weighted by Gasteiger charge is 2.04. The van der Waals surface area contributed by atoms with Crippen LogP contribution in [0.2, 0.25) is 5.02 Å². The van der Waals surface area contributed by atoms with E-state index < -0.39 is 11.9 Å². The summed E-state index contributed by atoms with van der Waals surface area (Å²) >= 11 is 5.72. The van der Waals surface area contributed by atoms with E-state index in [1.165, 1.54) is 24.3 Å². The van der Waals surface area contributed by atoms with E-state index in [0.29, 0.717) is 10.6 Å². The first-order valence-corrected chi connectivity index (χ1v) is 4.79. The quantitative estimate of drug-likeness (QED) is 0.848. The Labute approximate surface area is 96.8 Å². The van der Waals surface area contributed by atoms with E-state index in [9.17, 15) is 9.59 Å². The molecule has 2 N–H and O–H groups in total. The molecule has 0 radical (unpaired) electrons. The lowest BCUT2D eigenvalue weighted by Crippen LogP contribution is -1.96. The van der Waals surface area contributed by atoms with Gasteiger partial charge < -0.3 is 10.2 Å². The number of carbonyl (C=O) groups is 2. The zero-order valence-corrected chi connectivity index (χ0v) is 8.94. The summed E-state index contributed by atoms with van der Waals surface area (Å²) in [5.41, 5.74) is 0.633. The van der Waals surface area contributed by atoms with Crippen molar-refractivity contribution in [3.05, 3.63) is 40.4 Å². The number of hydrogen-bond donors (Lipinski definition) is 2. The first-order valence-electron chi connectivity index (χ1n) is 4.41. The second-order valence-electron chi connectivity index (χ2n) is 3.08. The maximum atomic E-state index is 10.7. The molecule has 16 heavy (non-hydrogen) atoms. The number of halogens is 1. The molecule has 0 unspecified atom stereocenters. The predicted molar refractivity (Wildman–Crippen MR) is 59.7 cm³/mol. The molecule has 4 nitrogen and oxygen atoms in total. The SMILES string of the molecule is O=C(O)CC=Cc1cc(Cl)cc(C(=O)O)c1. The van der Waals surface area contributed by atoms with Crippen LogP contribution < -0.4 is 0 Å². The Bertz CT molecular complexity index is 451. The van der Waals surface area contributed by atoms with Crippen molar-refractivity contribution in [3.8, 4) is 0 Å². The Balaban J connectivity index is 2.92. The maximum absolute atomic E-state index is 10.7. The van der Waals surface area contributed by atoms with Gasteiger partial charge in [0.2, 0.25) is 0 Å². The van der Waals surface area contributed by atoms with Crippen molar-refractivity contribution in [2.45, 2.75) is 6.42 Å². The van der Waals surface area contributed by atoms with Crippen molar-refractivity contribution >= 4 is 29.6 Å². The molecule has 1 rings (SSSR count). The largest absolute Gasteiger partial charge is 0.481 e. The summed E-state index contributed by atoms with van der Waals surface area (Å²) in [4.78, 5) is 21.0. The Hall–Kier alpha value is -1.81. The Morgan fingerprint density at radius 3 is 2.50 bits per heavy atom. The molecule has 0 aromatic heterocycles. The summed E-state index contributed by atoms with van der Waals surface area (Å²) < 4.78 is 0. The van der Waals surface area contributed by atoms with Gasteiger partial charge in [-0.25, -0.2) is 4.79 Å². The van der Waals surface area contributed by atoms with Gasteiger partial charge in [0.05, 0.1) is 12.0 Å². The average molecular weight is 241 g/mol. The fourth-order valence-electron chi connectivity index (χ4n) is 1.13. The zero-order chi connectivity index (χ0) is 12.1. The third-order valence-electron chi connectivity index (χ3n) is 1.77. The van der Waals surface area contributed by atoms with Gasteiger partial charge in [-0.2, -0.15) is 0 Å². The molecule has 84 valence electrons. The molecule has 0 aliphatic carbocycles. The number of carboxylic acid groups (broad SMARTS) is 2. The van der Waals surface area contributed by atoms with Gasteiger partial charge in [0.15, 0.2) is 0 Å². The number of hydrogen-bond acceptors (Lipinski definition) is 2. The third-order valence-corrected chi connectivity index (χ3v) is 1.99. The van der Waals surface area contributed by atoms with Crippen LogP contribution in [0.15, 0.2) is 24.3 Å². The van der Waals surface area contributed by atoms with Crippen LogP contribution in [0, 0.1) is 0 Å². The minimum atomic E-state index is -1.07. The Kier molecular flexibility index (Phi) is 4.08. The number of aliphatic carboxylic acids is 1. The van der Waals surface area contributed by atoms with E-state index >= 15 is 0 Å². The fourth-order valence-corrected chi connectivity index (χ4v) is 1.37. The molecular formula is C11H9ClO4. The van der Waals surface area contributed by atoms with Gasteiger partial charge in [-0.05, 0) is 23.8 Å². The summed E-state index contributed by atoms with van der Waals surface area (Å²) in [5, 5.41) is 17.5. The van der Waals surface area contributed by atoms with Crippen LogP contribution in [0.5, 0.6) is 0 Å². The summed E-state index contributed by atoms with van der Waals surface area (Å²) in [5.74, 6) is -2.02. The number of rotatable bonds is 4. The molecular weight excluding hydrogens is 232 g/mol. The lowest BCUT2D eigenvalue weighted by molar-refractivity contribution is -0.135. The van der Waals surface area contributed by atoms with Crippen LogP contribution in [0.1, 0.15) is 22.3 Å². The van der Waals surface area contributed by atoms with Crippen molar-refractivity contribution in [1.29, 1.82) is 0 Å². The van der Waals surface area contributed by atoms with Crippen LogP contribution in [-0.2, 0) is 4.79 Å². The molecule has 0 heterocycles. The second-order valence-corrected chi connectivity index (χ2v) is 3.52. The van der Waals surface area contributed by atoms with E-state index in [0.717, 1.165) is 0 Å².